The Labute approximate surface area is 116 Å². The lowest BCUT2D eigenvalue weighted by Crippen LogP contribution is -2.08. The van der Waals surface area contributed by atoms with Gasteiger partial charge in [0.25, 0.3) is 0 Å². The zero-order chi connectivity index (χ0) is 14.3. The van der Waals surface area contributed by atoms with E-state index in [0.29, 0.717) is 5.56 Å². The third-order valence-corrected chi connectivity index (χ3v) is 4.09. The Bertz CT molecular complexity index is 624. The number of aliphatic hydroxyl groups excluding tert-OH is 1. The molecule has 2 aromatic carbocycles. The van der Waals surface area contributed by atoms with Gasteiger partial charge in [-0.15, -0.1) is 0 Å². The van der Waals surface area contributed by atoms with Gasteiger partial charge in [0.05, 0.1) is 11.7 Å². The maximum Gasteiger partial charge on any atom is 0.134 e. The quantitative estimate of drug-likeness (QED) is 0.893. The first-order valence-corrected chi connectivity index (χ1v) is 6.77. The first-order valence-electron chi connectivity index (χ1n) is 6.77. The largest absolute Gasteiger partial charge is 0.388 e. The van der Waals surface area contributed by atoms with E-state index < -0.39 is 17.7 Å². The van der Waals surface area contributed by atoms with Crippen molar-refractivity contribution in [3.63, 3.8) is 0 Å². The molecule has 104 valence electrons. The molecule has 1 nitrogen and oxygen atoms in total. The Hall–Kier alpha value is -1.74. The first kappa shape index (κ1) is 13.3. The van der Waals surface area contributed by atoms with Gasteiger partial charge in [-0.2, -0.15) is 0 Å². The van der Waals surface area contributed by atoms with E-state index in [9.17, 15) is 13.9 Å². The molecular weight excluding hydrogens is 258 g/mol. The number of hydrogen-bond acceptors (Lipinski definition) is 1. The zero-order valence-electron chi connectivity index (χ0n) is 11.2. The number of rotatable bonds is 3. The van der Waals surface area contributed by atoms with Crippen LogP contribution in [0.15, 0.2) is 42.5 Å². The lowest BCUT2D eigenvalue weighted by Gasteiger charge is -2.14. The van der Waals surface area contributed by atoms with Gasteiger partial charge < -0.3 is 5.11 Å². The van der Waals surface area contributed by atoms with Crippen molar-refractivity contribution in [3.8, 4) is 0 Å². The monoisotopic (exact) mass is 274 g/mol. The lowest BCUT2D eigenvalue weighted by atomic mass is 9.98. The molecule has 3 atom stereocenters. The Morgan fingerprint density at radius 2 is 1.80 bits per heavy atom. The normalized spacial score (nSPS) is 22.6. The number of hydrogen-bond donors (Lipinski definition) is 1. The van der Waals surface area contributed by atoms with E-state index in [1.807, 2.05) is 30.3 Å². The number of benzene rings is 2. The van der Waals surface area contributed by atoms with Crippen LogP contribution in [0.1, 0.15) is 35.1 Å². The van der Waals surface area contributed by atoms with Gasteiger partial charge in [-0.1, -0.05) is 36.4 Å². The van der Waals surface area contributed by atoms with Gasteiger partial charge in [0.15, 0.2) is 0 Å². The molecule has 1 fully saturated rings. The van der Waals surface area contributed by atoms with Gasteiger partial charge in [0, 0.05) is 0 Å². The van der Waals surface area contributed by atoms with E-state index in [1.54, 1.807) is 6.92 Å². The van der Waals surface area contributed by atoms with Gasteiger partial charge in [-0.3, -0.25) is 0 Å². The minimum Gasteiger partial charge on any atom is -0.388 e. The summed E-state index contributed by atoms with van der Waals surface area (Å²) >= 11 is 0. The highest BCUT2D eigenvalue weighted by atomic mass is 19.1. The van der Waals surface area contributed by atoms with Crippen molar-refractivity contribution in [2.75, 3.05) is 0 Å². The van der Waals surface area contributed by atoms with Gasteiger partial charge in [0.2, 0.25) is 0 Å². The maximum atomic E-state index is 14.0. The molecule has 3 unspecified atom stereocenters. The van der Waals surface area contributed by atoms with Crippen molar-refractivity contribution in [2.45, 2.75) is 25.4 Å². The fourth-order valence-corrected chi connectivity index (χ4v) is 2.81. The van der Waals surface area contributed by atoms with Crippen molar-refractivity contribution in [1.29, 1.82) is 0 Å². The van der Waals surface area contributed by atoms with Crippen molar-refractivity contribution < 1.29 is 13.9 Å². The van der Waals surface area contributed by atoms with E-state index in [2.05, 4.69) is 0 Å². The number of aliphatic hydroxyl groups is 1. The summed E-state index contributed by atoms with van der Waals surface area (Å²) in [4.78, 5) is 0. The van der Waals surface area contributed by atoms with Crippen LogP contribution in [0.3, 0.4) is 0 Å². The van der Waals surface area contributed by atoms with E-state index in [-0.39, 0.29) is 17.4 Å². The first-order chi connectivity index (χ1) is 9.59. The molecule has 0 aromatic heterocycles. The Morgan fingerprint density at radius 1 is 1.10 bits per heavy atom. The molecule has 0 amide bonds. The molecule has 1 aliphatic rings. The maximum absolute atomic E-state index is 14.0. The average Bonchev–Trinajstić information content (AvgIpc) is 3.25. The zero-order valence-corrected chi connectivity index (χ0v) is 11.2. The van der Waals surface area contributed by atoms with Crippen LogP contribution in [-0.4, -0.2) is 5.11 Å². The predicted molar refractivity (Wildman–Crippen MR) is 73.3 cm³/mol. The van der Waals surface area contributed by atoms with Crippen LogP contribution in [0, 0.1) is 24.5 Å². The lowest BCUT2D eigenvalue weighted by molar-refractivity contribution is 0.142. The molecule has 0 spiro atoms. The third-order valence-electron chi connectivity index (χ3n) is 4.09. The minimum atomic E-state index is -1.08. The average molecular weight is 274 g/mol. The molecule has 1 N–H and O–H groups in total. The molecule has 1 aliphatic carbocycles. The van der Waals surface area contributed by atoms with Crippen molar-refractivity contribution in [1.82, 2.24) is 0 Å². The van der Waals surface area contributed by atoms with Gasteiger partial charge in [-0.25, -0.2) is 8.78 Å². The smallest absolute Gasteiger partial charge is 0.134 e. The Morgan fingerprint density at radius 3 is 2.50 bits per heavy atom. The van der Waals surface area contributed by atoms with E-state index in [1.165, 1.54) is 12.1 Å². The second kappa shape index (κ2) is 4.98. The summed E-state index contributed by atoms with van der Waals surface area (Å²) < 4.78 is 27.8. The highest BCUT2D eigenvalue weighted by molar-refractivity contribution is 5.33. The summed E-state index contributed by atoms with van der Waals surface area (Å²) in [6, 6.07) is 12.4. The summed E-state index contributed by atoms with van der Waals surface area (Å²) in [5, 5.41) is 10.3. The number of halogens is 2. The standard InChI is InChI=1S/C17H16F2O/c1-10-7-8-14(18)15(16(10)19)17(20)13-9-12(13)11-5-3-2-4-6-11/h2-8,12-13,17,20H,9H2,1H3. The summed E-state index contributed by atoms with van der Waals surface area (Å²) in [6.07, 6.45) is -0.321. The second-order valence-corrected chi connectivity index (χ2v) is 5.45. The fraction of sp³-hybridized carbons (Fsp3) is 0.294. The molecule has 0 radical (unpaired) electrons. The minimum absolute atomic E-state index is 0.108. The molecule has 0 saturated heterocycles. The van der Waals surface area contributed by atoms with Crippen LogP contribution in [0.2, 0.25) is 0 Å². The topological polar surface area (TPSA) is 20.2 Å². The van der Waals surface area contributed by atoms with Gasteiger partial charge in [-0.05, 0) is 42.4 Å². The van der Waals surface area contributed by atoms with Crippen LogP contribution >= 0.6 is 0 Å². The summed E-state index contributed by atoms with van der Waals surface area (Å²) in [5.74, 6) is -1.22. The summed E-state index contributed by atoms with van der Waals surface area (Å²) in [7, 11) is 0. The highest BCUT2D eigenvalue weighted by Crippen LogP contribution is 2.54. The SMILES string of the molecule is Cc1ccc(F)c(C(O)C2CC2c2ccccc2)c1F. The molecule has 1 saturated carbocycles. The Balaban J connectivity index is 1.85. The van der Waals surface area contributed by atoms with E-state index >= 15 is 0 Å². The molecule has 20 heavy (non-hydrogen) atoms. The highest BCUT2D eigenvalue weighted by Gasteiger charge is 2.45. The van der Waals surface area contributed by atoms with Crippen LogP contribution in [0.4, 0.5) is 8.78 Å². The van der Waals surface area contributed by atoms with Crippen LogP contribution in [0.25, 0.3) is 0 Å². The molecule has 0 bridgehead atoms. The number of aryl methyl sites for hydroxylation is 1. The van der Waals surface area contributed by atoms with E-state index in [0.717, 1.165) is 12.0 Å². The van der Waals surface area contributed by atoms with Crippen LogP contribution in [0.5, 0.6) is 0 Å². The van der Waals surface area contributed by atoms with Crippen LogP contribution < -0.4 is 0 Å². The molecular formula is C17H16F2O. The molecule has 2 aromatic rings. The third kappa shape index (κ3) is 2.22. The van der Waals surface area contributed by atoms with Crippen LogP contribution in [-0.2, 0) is 0 Å². The van der Waals surface area contributed by atoms with E-state index in [4.69, 9.17) is 0 Å². The molecule has 0 aliphatic heterocycles. The molecule has 0 heterocycles. The molecule has 3 heteroatoms. The predicted octanol–water partition coefficient (Wildman–Crippen LogP) is 4.11. The van der Waals surface area contributed by atoms with Gasteiger partial charge >= 0.3 is 0 Å². The summed E-state index contributed by atoms with van der Waals surface area (Å²) in [6.45, 7) is 1.58. The summed E-state index contributed by atoms with van der Waals surface area (Å²) in [5.41, 5.74) is 1.29. The van der Waals surface area contributed by atoms with Gasteiger partial charge in [0.1, 0.15) is 11.6 Å². The van der Waals surface area contributed by atoms with Crippen molar-refractivity contribution >= 4 is 0 Å². The molecule has 3 rings (SSSR count). The fourth-order valence-electron chi connectivity index (χ4n) is 2.81. The van der Waals surface area contributed by atoms with Crippen molar-refractivity contribution in [3.05, 3.63) is 70.8 Å². The van der Waals surface area contributed by atoms with Crippen molar-refractivity contribution in [2.24, 2.45) is 5.92 Å². The Kier molecular flexibility index (Phi) is 3.30. The second-order valence-electron chi connectivity index (χ2n) is 5.45.